The van der Waals surface area contributed by atoms with Crippen molar-refractivity contribution in [3.8, 4) is 0 Å². The molecule has 2 aliphatic heterocycles. The van der Waals surface area contributed by atoms with Crippen LogP contribution in [0, 0.1) is 5.82 Å². The lowest BCUT2D eigenvalue weighted by Crippen LogP contribution is -2.47. The molecule has 0 bridgehead atoms. The van der Waals surface area contributed by atoms with Crippen LogP contribution >= 0.6 is 0 Å². The number of hydrogen-bond donors (Lipinski definition) is 0. The number of carbonyl (C=O) groups excluding carboxylic acids is 1. The van der Waals surface area contributed by atoms with E-state index in [4.69, 9.17) is 9.47 Å². The van der Waals surface area contributed by atoms with Crippen LogP contribution in [0.4, 0.5) is 4.39 Å². The summed E-state index contributed by atoms with van der Waals surface area (Å²) in [6.45, 7) is 2.51. The SMILES string of the molecule is Cn1cc(C(CC(=O)N2CCC3(CC2)OCCO3)c2ccc(F)cc2)c2ccccc21. The number of hydrogen-bond acceptors (Lipinski definition) is 3. The molecule has 1 spiro atoms. The Morgan fingerprint density at radius 1 is 1.06 bits per heavy atom. The molecule has 6 heteroatoms. The summed E-state index contributed by atoms with van der Waals surface area (Å²) in [4.78, 5) is 15.2. The van der Waals surface area contributed by atoms with Crippen LogP contribution < -0.4 is 0 Å². The highest BCUT2D eigenvalue weighted by Gasteiger charge is 2.41. The molecule has 3 heterocycles. The first-order valence-electron chi connectivity index (χ1n) is 10.9. The molecule has 2 aliphatic rings. The maximum atomic E-state index is 13.6. The molecule has 0 N–H and O–H groups in total. The lowest BCUT2D eigenvalue weighted by Gasteiger charge is -2.38. The Kier molecular flexibility index (Phi) is 5.28. The summed E-state index contributed by atoms with van der Waals surface area (Å²) in [6.07, 6.45) is 3.84. The van der Waals surface area contributed by atoms with Gasteiger partial charge in [0.1, 0.15) is 5.82 Å². The van der Waals surface area contributed by atoms with Crippen molar-refractivity contribution in [1.82, 2.24) is 9.47 Å². The van der Waals surface area contributed by atoms with Crippen molar-refractivity contribution in [3.05, 3.63) is 71.7 Å². The van der Waals surface area contributed by atoms with Gasteiger partial charge in [0.15, 0.2) is 5.79 Å². The second-order valence-corrected chi connectivity index (χ2v) is 8.51. The Balaban J connectivity index is 1.42. The Hall–Kier alpha value is -2.70. The van der Waals surface area contributed by atoms with Crippen LogP contribution in [-0.2, 0) is 21.3 Å². The molecule has 1 unspecified atom stereocenters. The van der Waals surface area contributed by atoms with Gasteiger partial charge in [0, 0.05) is 62.4 Å². The fourth-order valence-corrected chi connectivity index (χ4v) is 4.94. The van der Waals surface area contributed by atoms with E-state index in [2.05, 4.69) is 22.9 Å². The summed E-state index contributed by atoms with van der Waals surface area (Å²) < 4.78 is 27.3. The van der Waals surface area contributed by atoms with Crippen molar-refractivity contribution < 1.29 is 18.7 Å². The van der Waals surface area contributed by atoms with Gasteiger partial charge >= 0.3 is 0 Å². The number of aryl methyl sites for hydroxylation is 1. The Bertz CT molecular complexity index is 1080. The van der Waals surface area contributed by atoms with Crippen molar-refractivity contribution in [2.45, 2.75) is 31.0 Å². The van der Waals surface area contributed by atoms with E-state index in [0.717, 1.165) is 22.0 Å². The maximum Gasteiger partial charge on any atom is 0.223 e. The number of likely N-dealkylation sites (tertiary alicyclic amines) is 1. The molecule has 2 saturated heterocycles. The smallest absolute Gasteiger partial charge is 0.223 e. The maximum absolute atomic E-state index is 13.6. The molecule has 2 aromatic carbocycles. The van der Waals surface area contributed by atoms with E-state index < -0.39 is 5.79 Å². The average molecular weight is 422 g/mol. The number of carbonyl (C=O) groups is 1. The zero-order valence-electron chi connectivity index (χ0n) is 17.7. The molecule has 0 radical (unpaired) electrons. The highest BCUT2D eigenvalue weighted by Crippen LogP contribution is 2.36. The molecule has 162 valence electrons. The van der Waals surface area contributed by atoms with Gasteiger partial charge in [-0.2, -0.15) is 0 Å². The van der Waals surface area contributed by atoms with E-state index in [1.54, 1.807) is 12.1 Å². The lowest BCUT2D eigenvalue weighted by atomic mass is 9.87. The van der Waals surface area contributed by atoms with E-state index in [1.165, 1.54) is 12.1 Å². The molecule has 0 saturated carbocycles. The minimum absolute atomic E-state index is 0.107. The van der Waals surface area contributed by atoms with Crippen LogP contribution in [0.1, 0.15) is 36.3 Å². The van der Waals surface area contributed by atoms with Gasteiger partial charge in [0.2, 0.25) is 5.91 Å². The topological polar surface area (TPSA) is 43.7 Å². The molecule has 3 aromatic rings. The minimum atomic E-state index is -0.497. The summed E-state index contributed by atoms with van der Waals surface area (Å²) in [5.74, 6) is -0.809. The largest absolute Gasteiger partial charge is 0.350 e. The monoisotopic (exact) mass is 422 g/mol. The van der Waals surface area contributed by atoms with E-state index in [0.29, 0.717) is 45.6 Å². The number of aromatic nitrogens is 1. The quantitative estimate of drug-likeness (QED) is 0.633. The summed E-state index contributed by atoms with van der Waals surface area (Å²) in [5, 5.41) is 1.12. The van der Waals surface area contributed by atoms with Crippen LogP contribution in [0.25, 0.3) is 10.9 Å². The Morgan fingerprint density at radius 3 is 2.45 bits per heavy atom. The lowest BCUT2D eigenvalue weighted by molar-refractivity contribution is -0.187. The molecular weight excluding hydrogens is 395 g/mol. The van der Waals surface area contributed by atoms with Gasteiger partial charge in [-0.3, -0.25) is 4.79 Å². The van der Waals surface area contributed by atoms with Crippen molar-refractivity contribution in [2.75, 3.05) is 26.3 Å². The predicted molar refractivity (Wildman–Crippen MR) is 116 cm³/mol. The van der Waals surface area contributed by atoms with Crippen LogP contribution in [-0.4, -0.2) is 47.5 Å². The van der Waals surface area contributed by atoms with Gasteiger partial charge in [-0.05, 0) is 29.3 Å². The Labute approximate surface area is 181 Å². The summed E-state index contributed by atoms with van der Waals surface area (Å²) >= 11 is 0. The highest BCUT2D eigenvalue weighted by molar-refractivity contribution is 5.86. The van der Waals surface area contributed by atoms with Gasteiger partial charge in [0.05, 0.1) is 13.2 Å². The van der Waals surface area contributed by atoms with E-state index in [1.807, 2.05) is 24.1 Å². The first-order valence-corrected chi connectivity index (χ1v) is 10.9. The molecule has 1 aromatic heterocycles. The number of halogens is 1. The number of benzene rings is 2. The Morgan fingerprint density at radius 2 is 1.74 bits per heavy atom. The first kappa shape index (κ1) is 20.2. The number of para-hydroxylation sites is 1. The van der Waals surface area contributed by atoms with Gasteiger partial charge in [-0.25, -0.2) is 4.39 Å². The molecule has 0 aliphatic carbocycles. The zero-order valence-corrected chi connectivity index (χ0v) is 17.7. The van der Waals surface area contributed by atoms with Gasteiger partial charge in [-0.1, -0.05) is 30.3 Å². The normalized spacial score (nSPS) is 19.2. The molecule has 1 atom stereocenters. The molecule has 2 fully saturated rings. The minimum Gasteiger partial charge on any atom is -0.350 e. The standard InChI is InChI=1S/C25H27FN2O3/c1-27-17-22(20-4-2-3-5-23(20)27)21(18-6-8-19(26)9-7-18)16-24(29)28-12-10-25(11-13-28)30-14-15-31-25/h2-9,17,21H,10-16H2,1H3. The third-order valence-electron chi connectivity index (χ3n) is 6.65. The third-order valence-corrected chi connectivity index (χ3v) is 6.65. The van der Waals surface area contributed by atoms with E-state index in [9.17, 15) is 9.18 Å². The predicted octanol–water partition coefficient (Wildman–Crippen LogP) is 4.20. The fourth-order valence-electron chi connectivity index (χ4n) is 4.94. The van der Waals surface area contributed by atoms with Crippen molar-refractivity contribution >= 4 is 16.8 Å². The molecule has 1 amide bonds. The summed E-state index contributed by atoms with van der Waals surface area (Å²) in [6, 6.07) is 14.7. The number of piperidine rings is 1. The fraction of sp³-hybridized carbons (Fsp3) is 0.400. The third kappa shape index (κ3) is 3.86. The zero-order chi connectivity index (χ0) is 21.4. The van der Waals surface area contributed by atoms with Crippen molar-refractivity contribution in [1.29, 1.82) is 0 Å². The highest BCUT2D eigenvalue weighted by atomic mass is 19.1. The number of nitrogens with zero attached hydrogens (tertiary/aromatic N) is 2. The van der Waals surface area contributed by atoms with Crippen molar-refractivity contribution in [3.63, 3.8) is 0 Å². The number of amides is 1. The number of rotatable bonds is 4. The molecule has 5 nitrogen and oxygen atoms in total. The molecule has 5 rings (SSSR count). The molecule has 31 heavy (non-hydrogen) atoms. The summed E-state index contributed by atoms with van der Waals surface area (Å²) in [5.41, 5.74) is 3.16. The number of fused-ring (bicyclic) bond motifs is 1. The second kappa shape index (κ2) is 8.09. The van der Waals surface area contributed by atoms with Crippen LogP contribution in [0.5, 0.6) is 0 Å². The van der Waals surface area contributed by atoms with Gasteiger partial charge < -0.3 is 18.9 Å². The van der Waals surface area contributed by atoms with E-state index >= 15 is 0 Å². The number of ether oxygens (including phenoxy) is 2. The van der Waals surface area contributed by atoms with Crippen LogP contribution in [0.2, 0.25) is 0 Å². The van der Waals surface area contributed by atoms with E-state index in [-0.39, 0.29) is 17.6 Å². The van der Waals surface area contributed by atoms with Gasteiger partial charge in [-0.15, -0.1) is 0 Å². The molecular formula is C25H27FN2O3. The summed E-state index contributed by atoms with van der Waals surface area (Å²) in [7, 11) is 2.01. The van der Waals surface area contributed by atoms with Crippen LogP contribution in [0.15, 0.2) is 54.7 Å². The first-order chi connectivity index (χ1) is 15.0. The second-order valence-electron chi connectivity index (χ2n) is 8.51. The van der Waals surface area contributed by atoms with Gasteiger partial charge in [0.25, 0.3) is 0 Å². The van der Waals surface area contributed by atoms with Crippen LogP contribution in [0.3, 0.4) is 0 Å². The van der Waals surface area contributed by atoms with Crippen molar-refractivity contribution in [2.24, 2.45) is 7.05 Å². The average Bonchev–Trinajstić information content (AvgIpc) is 3.38.